The van der Waals surface area contributed by atoms with Gasteiger partial charge >= 0.3 is 0 Å². The van der Waals surface area contributed by atoms with Gasteiger partial charge in [-0.1, -0.05) is 47.5 Å². The second kappa shape index (κ2) is 8.13. The first-order valence-corrected chi connectivity index (χ1v) is 8.91. The van der Waals surface area contributed by atoms with E-state index in [1.807, 2.05) is 71.6 Å². The van der Waals surface area contributed by atoms with Gasteiger partial charge in [0.15, 0.2) is 18.9 Å². The molecule has 0 radical (unpaired) electrons. The molecule has 0 fully saturated rings. The van der Waals surface area contributed by atoms with Crippen molar-refractivity contribution >= 4 is 46.4 Å². The summed E-state index contributed by atoms with van der Waals surface area (Å²) in [7, 11) is 0. The Morgan fingerprint density at radius 3 is 2.44 bits per heavy atom. The van der Waals surface area contributed by atoms with Crippen molar-refractivity contribution in [3.05, 3.63) is 93.7 Å². The van der Waals surface area contributed by atoms with E-state index in [2.05, 4.69) is 5.32 Å². The maximum absolute atomic E-state index is 12.2. The fourth-order valence-corrected chi connectivity index (χ4v) is 3.29. The summed E-state index contributed by atoms with van der Waals surface area (Å²) < 4.78 is 2.05. The van der Waals surface area contributed by atoms with Gasteiger partial charge in [-0.15, -0.1) is 0 Å². The summed E-state index contributed by atoms with van der Waals surface area (Å²) in [6, 6.07) is 17.3. The van der Waals surface area contributed by atoms with E-state index in [1.54, 1.807) is 6.07 Å². The number of benzene rings is 2. The Bertz CT molecular complexity index is 1030. The van der Waals surface area contributed by atoms with Crippen molar-refractivity contribution in [2.45, 2.75) is 6.54 Å². The Morgan fingerprint density at radius 1 is 0.963 bits per heavy atom. The van der Waals surface area contributed by atoms with Crippen LogP contribution in [0.3, 0.4) is 0 Å². The van der Waals surface area contributed by atoms with Crippen LogP contribution in [-0.4, -0.2) is 5.91 Å². The van der Waals surface area contributed by atoms with Crippen LogP contribution in [0.4, 0.5) is 5.69 Å². The first-order valence-electron chi connectivity index (χ1n) is 8.16. The minimum Gasteiger partial charge on any atom is -1.00 e. The number of nitrogens with one attached hydrogen (secondary N) is 1. The zero-order chi connectivity index (χ0) is 18.1. The monoisotopic (exact) mass is 416 g/mol. The Morgan fingerprint density at radius 2 is 1.70 bits per heavy atom. The van der Waals surface area contributed by atoms with Crippen LogP contribution >= 0.6 is 23.2 Å². The lowest BCUT2D eigenvalue weighted by atomic mass is 10.0. The quantitative estimate of drug-likeness (QED) is 0.512. The minimum atomic E-state index is -0.0706. The van der Waals surface area contributed by atoms with Crippen molar-refractivity contribution in [1.82, 2.24) is 0 Å². The van der Waals surface area contributed by atoms with Crippen molar-refractivity contribution < 1.29 is 21.8 Å². The van der Waals surface area contributed by atoms with Crippen LogP contribution in [0, 0.1) is 0 Å². The number of carbonyl (C=O) groups excluding carboxylic acids is 1. The first-order chi connectivity index (χ1) is 12.6. The molecule has 1 amide bonds. The number of pyridine rings is 1. The van der Waals surface area contributed by atoms with Crippen molar-refractivity contribution in [2.24, 2.45) is 0 Å². The fourth-order valence-electron chi connectivity index (χ4n) is 2.97. The summed E-state index contributed by atoms with van der Waals surface area (Å²) in [5.74, 6) is -0.0706. The molecular weight excluding hydrogens is 403 g/mol. The van der Waals surface area contributed by atoms with Crippen LogP contribution in [0.25, 0.3) is 11.6 Å². The van der Waals surface area contributed by atoms with Gasteiger partial charge in [0.1, 0.15) is 0 Å². The summed E-state index contributed by atoms with van der Waals surface area (Å²) >= 11 is 12.0. The molecule has 0 bridgehead atoms. The van der Waals surface area contributed by atoms with Crippen LogP contribution in [-0.2, 0) is 11.3 Å². The van der Waals surface area contributed by atoms with Crippen LogP contribution in [0.2, 0.25) is 10.0 Å². The molecule has 136 valence electrons. The average molecular weight is 418 g/mol. The molecule has 0 saturated carbocycles. The molecule has 0 atom stereocenters. The highest BCUT2D eigenvalue weighted by Crippen LogP contribution is 2.32. The van der Waals surface area contributed by atoms with Crippen LogP contribution in [0.5, 0.6) is 0 Å². The second-order valence-electron chi connectivity index (χ2n) is 6.11. The third-order valence-corrected chi connectivity index (χ3v) is 5.03. The van der Waals surface area contributed by atoms with Crippen molar-refractivity contribution in [3.63, 3.8) is 0 Å². The number of rotatable bonds is 3. The van der Waals surface area contributed by atoms with E-state index in [0.29, 0.717) is 22.2 Å². The predicted molar refractivity (Wildman–Crippen MR) is 105 cm³/mol. The van der Waals surface area contributed by atoms with Crippen LogP contribution in [0.1, 0.15) is 16.7 Å². The van der Waals surface area contributed by atoms with Gasteiger partial charge < -0.3 is 17.7 Å². The Kier molecular flexibility index (Phi) is 5.85. The molecule has 2 heterocycles. The number of para-hydroxylation sites is 1. The van der Waals surface area contributed by atoms with E-state index in [9.17, 15) is 4.79 Å². The number of carbonyl (C=O) groups is 1. The second-order valence-corrected chi connectivity index (χ2v) is 6.92. The van der Waals surface area contributed by atoms with Gasteiger partial charge in [-0.2, -0.15) is 0 Å². The molecule has 6 heteroatoms. The summed E-state index contributed by atoms with van der Waals surface area (Å²) in [6.07, 6.45) is 5.87. The van der Waals surface area contributed by atoms with Crippen molar-refractivity contribution in [2.75, 3.05) is 5.32 Å². The molecular formula is C21H15Cl3N2O. The number of hydrogen-bond donors (Lipinski definition) is 1. The molecule has 0 saturated heterocycles. The number of hydrogen-bond acceptors (Lipinski definition) is 1. The van der Waals surface area contributed by atoms with Crippen molar-refractivity contribution in [3.8, 4) is 0 Å². The van der Waals surface area contributed by atoms with E-state index in [4.69, 9.17) is 23.2 Å². The average Bonchev–Trinajstić information content (AvgIpc) is 2.95. The lowest BCUT2D eigenvalue weighted by Crippen LogP contribution is -3.00. The molecule has 0 aliphatic carbocycles. The maximum atomic E-state index is 12.2. The van der Waals surface area contributed by atoms with Gasteiger partial charge in [0.05, 0.1) is 10.0 Å². The lowest BCUT2D eigenvalue weighted by molar-refractivity contribution is -0.688. The maximum Gasteiger partial charge on any atom is 0.256 e. The SMILES string of the molecule is O=C1Nc2ccccc2/C1=C\c1cc[n+](Cc2ccc(Cl)c(Cl)c2)cc1.[Cl-]. The molecule has 2 aromatic carbocycles. The smallest absolute Gasteiger partial charge is 0.256 e. The molecule has 1 aromatic heterocycles. The van der Waals surface area contributed by atoms with Crippen LogP contribution in [0.15, 0.2) is 67.0 Å². The molecule has 3 nitrogen and oxygen atoms in total. The van der Waals surface area contributed by atoms with E-state index in [-0.39, 0.29) is 18.3 Å². The van der Waals surface area contributed by atoms with Gasteiger partial charge in [-0.3, -0.25) is 4.79 Å². The van der Waals surface area contributed by atoms with Gasteiger partial charge in [-0.05, 0) is 29.8 Å². The zero-order valence-corrected chi connectivity index (χ0v) is 16.4. The van der Waals surface area contributed by atoms with E-state index >= 15 is 0 Å². The van der Waals surface area contributed by atoms with Gasteiger partial charge in [0, 0.05) is 34.5 Å². The summed E-state index contributed by atoms with van der Waals surface area (Å²) in [4.78, 5) is 12.2. The number of fused-ring (bicyclic) bond motifs is 1. The van der Waals surface area contributed by atoms with E-state index in [1.165, 1.54) is 0 Å². The molecule has 1 N–H and O–H groups in total. The molecule has 3 aromatic rings. The highest BCUT2D eigenvalue weighted by atomic mass is 35.5. The van der Waals surface area contributed by atoms with Crippen molar-refractivity contribution in [1.29, 1.82) is 0 Å². The number of halogens is 3. The number of anilines is 1. The van der Waals surface area contributed by atoms with Gasteiger partial charge in [0.2, 0.25) is 0 Å². The third-order valence-electron chi connectivity index (χ3n) is 4.29. The summed E-state index contributed by atoms with van der Waals surface area (Å²) in [5, 5.41) is 3.99. The normalized spacial score (nSPS) is 13.9. The van der Waals surface area contributed by atoms with Gasteiger partial charge in [0.25, 0.3) is 5.91 Å². The highest BCUT2D eigenvalue weighted by molar-refractivity contribution is 6.42. The fraction of sp³-hybridized carbons (Fsp3) is 0.0476. The molecule has 1 aliphatic rings. The highest BCUT2D eigenvalue weighted by Gasteiger charge is 2.23. The lowest BCUT2D eigenvalue weighted by Gasteiger charge is -2.01. The van der Waals surface area contributed by atoms with Gasteiger partial charge in [-0.25, -0.2) is 4.57 Å². The summed E-state index contributed by atoms with van der Waals surface area (Å²) in [6.45, 7) is 0.692. The predicted octanol–water partition coefficient (Wildman–Crippen LogP) is 1.83. The zero-order valence-electron chi connectivity index (χ0n) is 14.1. The number of amides is 1. The number of aromatic nitrogens is 1. The molecule has 4 rings (SSSR count). The van der Waals surface area contributed by atoms with Crippen LogP contribution < -0.4 is 22.3 Å². The Balaban J connectivity index is 0.00000210. The Labute approximate surface area is 173 Å². The largest absolute Gasteiger partial charge is 1.00 e. The molecule has 27 heavy (non-hydrogen) atoms. The standard InChI is InChI=1S/C21H14Cl2N2O.ClH/c22-18-6-5-15(12-19(18)23)13-25-9-7-14(8-10-25)11-17-16-3-1-2-4-20(16)24-21(17)26;/h1-12H,13H2;1H. The topological polar surface area (TPSA) is 33.0 Å². The van der Waals surface area contributed by atoms with E-state index < -0.39 is 0 Å². The number of nitrogens with zero attached hydrogens (tertiary/aromatic N) is 1. The molecule has 1 aliphatic heterocycles. The third kappa shape index (κ3) is 4.16. The molecule has 0 spiro atoms. The molecule has 0 unspecified atom stereocenters. The Hall–Kier alpha value is -2.33. The minimum absolute atomic E-state index is 0. The summed E-state index contributed by atoms with van der Waals surface area (Å²) in [5.41, 5.74) is 4.51. The van der Waals surface area contributed by atoms with E-state index in [0.717, 1.165) is 22.4 Å². The first kappa shape index (κ1) is 19.4.